The molecule has 0 bridgehead atoms. The number of furan rings is 1. The smallest absolute Gasteiger partial charge is 0.134 e. The van der Waals surface area contributed by atoms with E-state index in [0.717, 1.165) is 55.1 Å². The van der Waals surface area contributed by atoms with E-state index in [1.165, 1.54) is 0 Å². The Kier molecular flexibility index (Phi) is 4.35. The Bertz CT molecular complexity index is 803. The number of fused-ring (bicyclic) bond motifs is 1. The highest BCUT2D eigenvalue weighted by atomic mass is 35.5. The fraction of sp³-hybridized carbons (Fsp3) is 0.278. The van der Waals surface area contributed by atoms with E-state index >= 15 is 0 Å². The van der Waals surface area contributed by atoms with Gasteiger partial charge in [-0.1, -0.05) is 41.4 Å². The van der Waals surface area contributed by atoms with Gasteiger partial charge in [-0.2, -0.15) is 0 Å². The second kappa shape index (κ2) is 6.63. The predicted octanol–water partition coefficient (Wildman–Crippen LogP) is 4.46. The van der Waals surface area contributed by atoms with Gasteiger partial charge in [0.25, 0.3) is 0 Å². The van der Waals surface area contributed by atoms with Gasteiger partial charge in [-0.15, -0.1) is 0 Å². The maximum Gasteiger partial charge on any atom is 0.134 e. The molecule has 124 valence electrons. The summed E-state index contributed by atoms with van der Waals surface area (Å²) in [5.74, 6) is 1.00. The van der Waals surface area contributed by atoms with Gasteiger partial charge in [0.05, 0.1) is 22.3 Å². The van der Waals surface area contributed by atoms with Gasteiger partial charge in [0.15, 0.2) is 0 Å². The van der Waals surface area contributed by atoms with Crippen LogP contribution in [-0.4, -0.2) is 36.1 Å². The van der Waals surface area contributed by atoms with E-state index < -0.39 is 0 Å². The Morgan fingerprint density at radius 1 is 1.00 bits per heavy atom. The summed E-state index contributed by atoms with van der Waals surface area (Å²) in [6, 6.07) is 10.2. The number of benzene rings is 1. The molecule has 1 aliphatic heterocycles. The predicted molar refractivity (Wildman–Crippen MR) is 98.0 cm³/mol. The minimum absolute atomic E-state index is 0.605. The third-order valence-corrected chi connectivity index (χ3v) is 4.93. The number of hydrogen-bond donors (Lipinski definition) is 0. The largest absolute Gasteiger partial charge is 0.460 e. The number of rotatable bonds is 3. The molecule has 0 radical (unpaired) electrons. The lowest BCUT2D eigenvalue weighted by Gasteiger charge is -2.36. The van der Waals surface area contributed by atoms with Crippen molar-refractivity contribution in [2.45, 2.75) is 6.54 Å². The van der Waals surface area contributed by atoms with E-state index in [0.29, 0.717) is 10.0 Å². The average molecular weight is 362 g/mol. The minimum Gasteiger partial charge on any atom is -0.460 e. The summed E-state index contributed by atoms with van der Waals surface area (Å²) < 4.78 is 5.91. The van der Waals surface area contributed by atoms with Gasteiger partial charge < -0.3 is 9.32 Å². The van der Waals surface area contributed by atoms with Gasteiger partial charge in [0, 0.05) is 44.0 Å². The minimum atomic E-state index is 0.605. The number of pyridine rings is 1. The molecule has 0 spiro atoms. The third kappa shape index (κ3) is 3.09. The second-order valence-electron chi connectivity index (χ2n) is 5.97. The number of aromatic nitrogens is 1. The third-order valence-electron chi connectivity index (χ3n) is 4.37. The van der Waals surface area contributed by atoms with E-state index in [1.54, 1.807) is 12.4 Å². The summed E-state index contributed by atoms with van der Waals surface area (Å²) in [5, 5.41) is 2.36. The van der Waals surface area contributed by atoms with Gasteiger partial charge >= 0.3 is 0 Å². The van der Waals surface area contributed by atoms with Crippen molar-refractivity contribution in [3.63, 3.8) is 0 Å². The van der Waals surface area contributed by atoms with E-state index in [4.69, 9.17) is 27.6 Å². The summed E-state index contributed by atoms with van der Waals surface area (Å²) in [6.45, 7) is 4.45. The molecule has 1 fully saturated rings. The van der Waals surface area contributed by atoms with E-state index in [1.807, 2.05) is 18.2 Å². The van der Waals surface area contributed by atoms with Crippen molar-refractivity contribution in [2.75, 3.05) is 31.1 Å². The fourth-order valence-electron chi connectivity index (χ4n) is 3.17. The second-order valence-corrected chi connectivity index (χ2v) is 6.78. The summed E-state index contributed by atoms with van der Waals surface area (Å²) in [7, 11) is 0. The molecular weight excluding hydrogens is 345 g/mol. The molecule has 0 unspecified atom stereocenters. The highest BCUT2D eigenvalue weighted by Gasteiger charge is 2.22. The van der Waals surface area contributed by atoms with Crippen LogP contribution >= 0.6 is 23.2 Å². The number of para-hydroxylation sites is 1. The summed E-state index contributed by atoms with van der Waals surface area (Å²) >= 11 is 12.5. The zero-order valence-electron chi connectivity index (χ0n) is 13.1. The van der Waals surface area contributed by atoms with Crippen LogP contribution in [-0.2, 0) is 6.54 Å². The zero-order valence-corrected chi connectivity index (χ0v) is 14.6. The maximum absolute atomic E-state index is 6.26. The molecule has 0 saturated carbocycles. The maximum atomic E-state index is 6.26. The molecule has 0 amide bonds. The van der Waals surface area contributed by atoms with Crippen molar-refractivity contribution in [3.05, 3.63) is 58.5 Å². The van der Waals surface area contributed by atoms with Crippen LogP contribution in [0.15, 0.2) is 47.1 Å². The van der Waals surface area contributed by atoms with Crippen molar-refractivity contribution >= 4 is 39.9 Å². The van der Waals surface area contributed by atoms with Gasteiger partial charge in [0.2, 0.25) is 0 Å². The molecule has 4 rings (SSSR count). The number of nitrogens with zero attached hydrogens (tertiary/aromatic N) is 3. The van der Waals surface area contributed by atoms with E-state index in [-0.39, 0.29) is 0 Å². The molecule has 1 aliphatic rings. The first-order chi connectivity index (χ1) is 11.7. The van der Waals surface area contributed by atoms with Crippen LogP contribution in [0.3, 0.4) is 0 Å². The molecule has 24 heavy (non-hydrogen) atoms. The average Bonchev–Trinajstić information content (AvgIpc) is 2.98. The summed E-state index contributed by atoms with van der Waals surface area (Å²) in [6.07, 6.45) is 3.28. The van der Waals surface area contributed by atoms with Crippen LogP contribution < -0.4 is 4.90 Å². The number of piperazine rings is 1. The quantitative estimate of drug-likeness (QED) is 0.689. The van der Waals surface area contributed by atoms with Crippen molar-refractivity contribution in [1.82, 2.24) is 9.88 Å². The lowest BCUT2D eigenvalue weighted by molar-refractivity contribution is 0.233. The molecule has 3 heterocycles. The van der Waals surface area contributed by atoms with Crippen LogP contribution in [0, 0.1) is 0 Å². The number of halogens is 2. The first-order valence-corrected chi connectivity index (χ1v) is 8.70. The van der Waals surface area contributed by atoms with Crippen LogP contribution in [0.25, 0.3) is 11.0 Å². The standard InChI is InChI=1S/C18H17Cl2N3O/c19-15-10-21-11-16(20)18(15)23-7-5-22(6-8-23)12-14-9-13-3-1-2-4-17(13)24-14/h1-4,9-11H,5-8,12H2. The monoisotopic (exact) mass is 361 g/mol. The van der Waals surface area contributed by atoms with Gasteiger partial charge in [0.1, 0.15) is 11.3 Å². The molecule has 3 aromatic rings. The Hall–Kier alpha value is -1.75. The number of anilines is 1. The Balaban J connectivity index is 1.43. The van der Waals surface area contributed by atoms with Crippen LogP contribution in [0.4, 0.5) is 5.69 Å². The fourth-order valence-corrected chi connectivity index (χ4v) is 3.78. The van der Waals surface area contributed by atoms with Crippen LogP contribution in [0.5, 0.6) is 0 Å². The molecule has 1 aromatic carbocycles. The molecule has 4 nitrogen and oxygen atoms in total. The molecular formula is C18H17Cl2N3O. The molecule has 0 aliphatic carbocycles. The Labute approximate surface area is 150 Å². The first kappa shape index (κ1) is 15.8. The first-order valence-electron chi connectivity index (χ1n) is 7.94. The highest BCUT2D eigenvalue weighted by molar-refractivity contribution is 6.38. The van der Waals surface area contributed by atoms with Crippen LogP contribution in [0.2, 0.25) is 10.0 Å². The Morgan fingerprint density at radius 3 is 2.42 bits per heavy atom. The summed E-state index contributed by atoms with van der Waals surface area (Å²) in [5.41, 5.74) is 1.83. The lowest BCUT2D eigenvalue weighted by atomic mass is 10.2. The molecule has 2 aromatic heterocycles. The van der Waals surface area contributed by atoms with Gasteiger partial charge in [-0.3, -0.25) is 9.88 Å². The topological polar surface area (TPSA) is 32.5 Å². The number of hydrogen-bond acceptors (Lipinski definition) is 4. The molecule has 0 atom stereocenters. The van der Waals surface area contributed by atoms with Crippen molar-refractivity contribution in [3.8, 4) is 0 Å². The molecule has 6 heteroatoms. The molecule has 1 saturated heterocycles. The van der Waals surface area contributed by atoms with Crippen molar-refractivity contribution in [2.24, 2.45) is 0 Å². The normalized spacial score (nSPS) is 16.0. The van der Waals surface area contributed by atoms with Crippen LogP contribution in [0.1, 0.15) is 5.76 Å². The lowest BCUT2D eigenvalue weighted by Crippen LogP contribution is -2.46. The zero-order chi connectivity index (χ0) is 16.5. The van der Waals surface area contributed by atoms with E-state index in [2.05, 4.69) is 26.9 Å². The van der Waals surface area contributed by atoms with Gasteiger partial charge in [-0.25, -0.2) is 0 Å². The molecule has 0 N–H and O–H groups in total. The Morgan fingerprint density at radius 2 is 1.71 bits per heavy atom. The van der Waals surface area contributed by atoms with Crippen molar-refractivity contribution < 1.29 is 4.42 Å². The van der Waals surface area contributed by atoms with Crippen molar-refractivity contribution in [1.29, 1.82) is 0 Å². The highest BCUT2D eigenvalue weighted by Crippen LogP contribution is 2.33. The van der Waals surface area contributed by atoms with E-state index in [9.17, 15) is 0 Å². The SMILES string of the molecule is Clc1cncc(Cl)c1N1CCN(Cc2cc3ccccc3o2)CC1. The summed E-state index contributed by atoms with van der Waals surface area (Å²) in [4.78, 5) is 8.63. The van der Waals surface area contributed by atoms with Gasteiger partial charge in [-0.05, 0) is 12.1 Å².